The molecule has 1 aliphatic carbocycles. The molecule has 0 bridgehead atoms. The van der Waals surface area contributed by atoms with Crippen LogP contribution >= 0.6 is 73.1 Å². The van der Waals surface area contributed by atoms with Crippen LogP contribution in [0.4, 0.5) is 0 Å². The van der Waals surface area contributed by atoms with Crippen LogP contribution in [0.25, 0.3) is 0 Å². The molecule has 1 aromatic rings. The summed E-state index contributed by atoms with van der Waals surface area (Å²) in [7, 11) is 11.0. The predicted molar refractivity (Wildman–Crippen MR) is 115 cm³/mol. The summed E-state index contributed by atoms with van der Waals surface area (Å²) in [6, 6.07) is 11.5. The van der Waals surface area contributed by atoms with Gasteiger partial charge in [-0.3, -0.25) is 0 Å². The lowest BCUT2D eigenvalue weighted by Crippen LogP contribution is -2.99. The Bertz CT molecular complexity index is 491. The minimum absolute atomic E-state index is 0.144. The van der Waals surface area contributed by atoms with E-state index in [2.05, 4.69) is 35.6 Å². The molecule has 22 heavy (non-hydrogen) atoms. The van der Waals surface area contributed by atoms with Gasteiger partial charge in [0.05, 0.1) is 6.04 Å². The number of rotatable bonds is 3. The minimum atomic E-state index is -0.144. The van der Waals surface area contributed by atoms with Crippen LogP contribution in [-0.2, 0) is 4.87 Å². The zero-order valence-electron chi connectivity index (χ0n) is 11.9. The smallest absolute Gasteiger partial charge is 0.222 e. The molecule has 0 radical (unpaired) electrons. The number of thiocarbonyl (C=S) groups is 1. The Kier molecular flexibility index (Phi) is 7.58. The molecule has 1 heterocycles. The van der Waals surface area contributed by atoms with Crippen LogP contribution in [-0.4, -0.2) is 10.2 Å². The summed E-state index contributed by atoms with van der Waals surface area (Å²) in [5.41, 5.74) is 1.34. The van der Waals surface area contributed by atoms with E-state index in [4.69, 9.17) is 12.2 Å². The Balaban J connectivity index is 1.90. The molecule has 1 saturated heterocycles. The van der Waals surface area contributed by atoms with E-state index in [1.807, 2.05) is 40.3 Å². The van der Waals surface area contributed by atoms with Crippen molar-refractivity contribution in [2.24, 2.45) is 0 Å². The summed E-state index contributed by atoms with van der Waals surface area (Å²) in [5, 5.41) is 2.58. The van der Waals surface area contributed by atoms with Crippen molar-refractivity contribution in [3.8, 4) is 0 Å². The van der Waals surface area contributed by atoms with Crippen LogP contribution < -0.4 is 5.32 Å². The fraction of sp³-hybridized carbons (Fsp3) is 0.500. The van der Waals surface area contributed by atoms with Gasteiger partial charge >= 0.3 is 0 Å². The number of hydrogen-bond acceptors (Lipinski definition) is 7. The van der Waals surface area contributed by atoms with Gasteiger partial charge in [0, 0.05) is 5.56 Å². The van der Waals surface area contributed by atoms with Gasteiger partial charge in [0.1, 0.15) is 4.20 Å². The molecule has 1 aliphatic heterocycles. The molecule has 0 amide bonds. The van der Waals surface area contributed by atoms with Gasteiger partial charge in [0.25, 0.3) is 0 Å². The van der Waals surface area contributed by atoms with E-state index in [1.54, 1.807) is 20.6 Å². The highest BCUT2D eigenvalue weighted by molar-refractivity contribution is 9.43. The molecule has 2 fully saturated rings. The van der Waals surface area contributed by atoms with E-state index in [1.165, 1.54) is 37.7 Å². The van der Waals surface area contributed by atoms with E-state index in [-0.39, 0.29) is 4.87 Å². The van der Waals surface area contributed by atoms with Gasteiger partial charge in [0.2, 0.25) is 4.87 Å². The molecule has 1 nitrogen and oxygen atoms in total. The average Bonchev–Trinajstić information content (AvgIpc) is 2.56. The van der Waals surface area contributed by atoms with Crippen LogP contribution in [0.1, 0.15) is 37.7 Å². The lowest BCUT2D eigenvalue weighted by Gasteiger charge is -2.35. The second-order valence-corrected chi connectivity index (χ2v) is 15.5. The van der Waals surface area contributed by atoms with E-state index in [0.717, 1.165) is 4.20 Å². The van der Waals surface area contributed by atoms with Crippen molar-refractivity contribution in [2.75, 3.05) is 0 Å². The molecule has 0 spiro atoms. The Labute approximate surface area is 160 Å². The Morgan fingerprint density at radius 1 is 0.955 bits per heavy atom. The van der Waals surface area contributed by atoms with Crippen molar-refractivity contribution in [3.63, 3.8) is 0 Å². The molecule has 1 aromatic carbocycles. The van der Waals surface area contributed by atoms with Gasteiger partial charge in [-0.15, -0.1) is 0 Å². The molecule has 120 valence electrons. The summed E-state index contributed by atoms with van der Waals surface area (Å²) in [5.74, 6) is 0. The molecule has 3 rings (SSSR count). The fourth-order valence-corrected chi connectivity index (χ4v) is 16.6. The first kappa shape index (κ1) is 18.2. The Morgan fingerprint density at radius 2 is 1.68 bits per heavy atom. The van der Waals surface area contributed by atoms with Gasteiger partial charge in [-0.05, 0) is 86.6 Å². The number of hydrogen-bond donors (Lipinski definition) is 1. The van der Waals surface area contributed by atoms with Gasteiger partial charge in [0.15, 0.2) is 0 Å². The lowest BCUT2D eigenvalue weighted by molar-refractivity contribution is -0.727. The highest BCUT2D eigenvalue weighted by Gasteiger charge is 2.45. The lowest BCUT2D eigenvalue weighted by atomic mass is 9.94. The first-order valence-electron chi connectivity index (χ1n) is 7.29. The SMILES string of the molecule is S=C1SSSSSS[C@]1([NH2+]C1CCCCC1)c1ccccc1. The molecule has 0 aromatic heterocycles. The highest BCUT2D eigenvalue weighted by atomic mass is 33.9. The summed E-state index contributed by atoms with van der Waals surface area (Å²) < 4.78 is 1.10. The zero-order valence-corrected chi connectivity index (χ0v) is 17.7. The summed E-state index contributed by atoms with van der Waals surface area (Å²) in [4.78, 5) is -0.144. The highest BCUT2D eigenvalue weighted by Crippen LogP contribution is 2.61. The second-order valence-electron chi connectivity index (χ2n) is 5.39. The summed E-state index contributed by atoms with van der Waals surface area (Å²) in [6.45, 7) is 0. The molecule has 2 aliphatic rings. The van der Waals surface area contributed by atoms with E-state index >= 15 is 0 Å². The molecule has 0 unspecified atom stereocenters. The van der Waals surface area contributed by atoms with Gasteiger partial charge in [-0.1, -0.05) is 49.0 Å². The van der Waals surface area contributed by atoms with Crippen LogP contribution in [0.5, 0.6) is 0 Å². The third-order valence-electron chi connectivity index (χ3n) is 3.98. The first-order chi connectivity index (χ1) is 10.8. The number of benzene rings is 1. The molecular formula is C14H18NS7+. The van der Waals surface area contributed by atoms with Crippen molar-refractivity contribution >= 4 is 77.3 Å². The predicted octanol–water partition coefficient (Wildman–Crippen LogP) is 6.05. The average molecular weight is 425 g/mol. The maximum Gasteiger partial charge on any atom is 0.222 e. The topological polar surface area (TPSA) is 16.6 Å². The zero-order chi connectivity index (χ0) is 15.3. The van der Waals surface area contributed by atoms with Crippen LogP contribution in [0.15, 0.2) is 30.3 Å². The fourth-order valence-electron chi connectivity index (χ4n) is 2.91. The summed E-state index contributed by atoms with van der Waals surface area (Å²) in [6.07, 6.45) is 6.77. The molecule has 8 heteroatoms. The standard InChI is InChI=1S/C14H17NS7/c16-13-14(11-7-3-1-4-8-11,18-20-22-21-19-17-13)15-12-9-5-2-6-10-12/h1,3-4,7-8,12,15H,2,5-6,9-10H2/p+1/t14-/m1/s1. The third-order valence-corrected chi connectivity index (χ3v) is 16.2. The third kappa shape index (κ3) is 4.50. The van der Waals surface area contributed by atoms with Crippen LogP contribution in [0, 0.1) is 0 Å². The quantitative estimate of drug-likeness (QED) is 0.463. The maximum absolute atomic E-state index is 5.89. The molecular weight excluding hydrogens is 407 g/mol. The van der Waals surface area contributed by atoms with Crippen molar-refractivity contribution in [1.29, 1.82) is 0 Å². The van der Waals surface area contributed by atoms with Gasteiger partial charge in [-0.25, -0.2) is 0 Å². The normalized spacial score (nSPS) is 28.1. The number of quaternary nitrogens is 1. The largest absolute Gasteiger partial charge is 0.321 e. The second kappa shape index (κ2) is 9.17. The van der Waals surface area contributed by atoms with E-state index < -0.39 is 0 Å². The van der Waals surface area contributed by atoms with E-state index in [9.17, 15) is 0 Å². The molecule has 1 atom stereocenters. The van der Waals surface area contributed by atoms with Crippen molar-refractivity contribution in [1.82, 2.24) is 0 Å². The van der Waals surface area contributed by atoms with Crippen molar-refractivity contribution in [2.45, 2.75) is 43.0 Å². The maximum atomic E-state index is 5.89. The Morgan fingerprint density at radius 3 is 2.45 bits per heavy atom. The molecule has 1 saturated carbocycles. The summed E-state index contributed by atoms with van der Waals surface area (Å²) >= 11 is 5.89. The monoisotopic (exact) mass is 424 g/mol. The van der Waals surface area contributed by atoms with Crippen molar-refractivity contribution < 1.29 is 5.32 Å². The minimum Gasteiger partial charge on any atom is -0.321 e. The van der Waals surface area contributed by atoms with Gasteiger partial charge < -0.3 is 5.32 Å². The van der Waals surface area contributed by atoms with Gasteiger partial charge in [-0.2, -0.15) is 0 Å². The Hall–Kier alpha value is 1.37. The first-order valence-corrected chi connectivity index (χ1v) is 15.2. The van der Waals surface area contributed by atoms with E-state index in [0.29, 0.717) is 6.04 Å². The number of nitrogens with two attached hydrogens (primary N) is 1. The van der Waals surface area contributed by atoms with Crippen LogP contribution in [0.3, 0.4) is 0 Å². The van der Waals surface area contributed by atoms with Crippen LogP contribution in [0.2, 0.25) is 0 Å². The molecule has 2 N–H and O–H groups in total. The van der Waals surface area contributed by atoms with Crippen molar-refractivity contribution in [3.05, 3.63) is 35.9 Å².